The van der Waals surface area contributed by atoms with Gasteiger partial charge >= 0.3 is 0 Å². The first-order valence-electron chi connectivity index (χ1n) is 11.0. The second kappa shape index (κ2) is 7.47. The number of fused-ring (bicyclic) bond motifs is 1. The van der Waals surface area contributed by atoms with E-state index in [1.165, 1.54) is 31.0 Å². The molecule has 7 heteroatoms. The number of rotatable bonds is 6. The SMILES string of the molecule is CC(C)NS(=O)(=O)c1ccc(-c2c(C#N)c3cc(C4CC4)ccc3n2C2CCC2)nc1. The summed E-state index contributed by atoms with van der Waals surface area (Å²) < 4.78 is 29.8. The Bertz CT molecular complexity index is 1290. The van der Waals surface area contributed by atoms with Gasteiger partial charge in [-0.1, -0.05) is 6.07 Å². The van der Waals surface area contributed by atoms with Crippen LogP contribution in [0.1, 0.15) is 69.0 Å². The highest BCUT2D eigenvalue weighted by atomic mass is 32.2. The Labute approximate surface area is 183 Å². The Kier molecular flexibility index (Phi) is 4.87. The first kappa shape index (κ1) is 20.2. The van der Waals surface area contributed by atoms with Gasteiger partial charge in [-0.25, -0.2) is 13.1 Å². The third kappa shape index (κ3) is 3.54. The van der Waals surface area contributed by atoms with Crippen LogP contribution in [0.25, 0.3) is 22.3 Å². The van der Waals surface area contributed by atoms with Crippen molar-refractivity contribution in [2.75, 3.05) is 0 Å². The van der Waals surface area contributed by atoms with E-state index in [9.17, 15) is 13.7 Å². The maximum Gasteiger partial charge on any atom is 0.242 e. The van der Waals surface area contributed by atoms with Gasteiger partial charge in [0.05, 0.1) is 22.5 Å². The predicted octanol–water partition coefficient (Wildman–Crippen LogP) is 4.86. The molecular weight excluding hydrogens is 408 g/mol. The number of sulfonamides is 1. The number of nitriles is 1. The molecule has 6 nitrogen and oxygen atoms in total. The monoisotopic (exact) mass is 434 g/mol. The normalized spacial score (nSPS) is 17.1. The minimum absolute atomic E-state index is 0.130. The van der Waals surface area contributed by atoms with Crippen LogP contribution in [-0.2, 0) is 10.0 Å². The first-order chi connectivity index (χ1) is 14.9. The van der Waals surface area contributed by atoms with Crippen molar-refractivity contribution in [3.8, 4) is 17.5 Å². The van der Waals surface area contributed by atoms with E-state index in [0.717, 1.165) is 29.4 Å². The van der Waals surface area contributed by atoms with E-state index in [1.807, 2.05) is 0 Å². The fourth-order valence-electron chi connectivity index (χ4n) is 4.45. The van der Waals surface area contributed by atoms with Gasteiger partial charge in [0.1, 0.15) is 11.0 Å². The lowest BCUT2D eigenvalue weighted by atomic mass is 9.92. The second-order valence-electron chi connectivity index (χ2n) is 9.00. The minimum atomic E-state index is -3.61. The molecule has 0 spiro atoms. The molecule has 2 aromatic heterocycles. The molecule has 0 aliphatic heterocycles. The fraction of sp³-hybridized carbons (Fsp3) is 0.417. The van der Waals surface area contributed by atoms with Crippen molar-refractivity contribution in [2.45, 2.75) is 68.8 Å². The summed E-state index contributed by atoms with van der Waals surface area (Å²) in [5, 5.41) is 11.1. The van der Waals surface area contributed by atoms with Crippen LogP contribution in [0, 0.1) is 11.3 Å². The first-order valence-corrected chi connectivity index (χ1v) is 12.4. The zero-order chi connectivity index (χ0) is 21.8. The average molecular weight is 435 g/mol. The highest BCUT2D eigenvalue weighted by molar-refractivity contribution is 7.89. The lowest BCUT2D eigenvalue weighted by Gasteiger charge is -2.30. The van der Waals surface area contributed by atoms with Crippen LogP contribution in [0.15, 0.2) is 41.4 Å². The van der Waals surface area contributed by atoms with Crippen molar-refractivity contribution in [1.29, 1.82) is 5.26 Å². The summed E-state index contributed by atoms with van der Waals surface area (Å²) in [7, 11) is -3.61. The molecule has 1 N–H and O–H groups in total. The standard InChI is InChI=1S/C24H26N4O2S/c1-15(2)27-31(29,30)19-9-10-22(26-14-19)24-21(13-25)20-12-17(16-6-7-16)8-11-23(20)28(24)18-4-3-5-18/h8-12,14-16,18,27H,3-7H2,1-2H3. The molecule has 2 heterocycles. The molecule has 0 atom stereocenters. The molecule has 2 aliphatic carbocycles. The molecule has 2 saturated carbocycles. The molecular formula is C24H26N4O2S. The van der Waals surface area contributed by atoms with Gasteiger partial charge in [-0.2, -0.15) is 5.26 Å². The second-order valence-corrected chi connectivity index (χ2v) is 10.7. The van der Waals surface area contributed by atoms with Gasteiger partial charge in [-0.3, -0.25) is 4.98 Å². The van der Waals surface area contributed by atoms with Gasteiger partial charge in [0.25, 0.3) is 0 Å². The Balaban J connectivity index is 1.66. The molecule has 2 fully saturated rings. The number of hydrogen-bond acceptors (Lipinski definition) is 4. The number of hydrogen-bond donors (Lipinski definition) is 1. The lowest BCUT2D eigenvalue weighted by molar-refractivity contribution is 0.324. The van der Waals surface area contributed by atoms with Crippen LogP contribution < -0.4 is 4.72 Å². The van der Waals surface area contributed by atoms with Gasteiger partial charge in [0.15, 0.2) is 0 Å². The van der Waals surface area contributed by atoms with Crippen molar-refractivity contribution in [3.63, 3.8) is 0 Å². The average Bonchev–Trinajstić information content (AvgIpc) is 3.49. The third-order valence-corrected chi connectivity index (χ3v) is 7.95. The van der Waals surface area contributed by atoms with E-state index in [4.69, 9.17) is 0 Å². The van der Waals surface area contributed by atoms with Gasteiger partial charge in [-0.15, -0.1) is 0 Å². The molecule has 2 aliphatic rings. The maximum atomic E-state index is 12.5. The highest BCUT2D eigenvalue weighted by Gasteiger charge is 2.30. The zero-order valence-corrected chi connectivity index (χ0v) is 18.6. The van der Waals surface area contributed by atoms with Crippen LogP contribution in [-0.4, -0.2) is 24.0 Å². The topological polar surface area (TPSA) is 87.8 Å². The molecule has 0 amide bonds. The van der Waals surface area contributed by atoms with Crippen LogP contribution >= 0.6 is 0 Å². The quantitative estimate of drug-likeness (QED) is 0.600. The van der Waals surface area contributed by atoms with Crippen LogP contribution in [0.5, 0.6) is 0 Å². The van der Waals surface area contributed by atoms with Crippen molar-refractivity contribution in [2.24, 2.45) is 0 Å². The van der Waals surface area contributed by atoms with Gasteiger partial charge in [-0.05, 0) is 81.7 Å². The molecule has 5 rings (SSSR count). The Morgan fingerprint density at radius 3 is 2.48 bits per heavy atom. The van der Waals surface area contributed by atoms with Crippen molar-refractivity contribution >= 4 is 20.9 Å². The molecule has 0 bridgehead atoms. The lowest BCUT2D eigenvalue weighted by Crippen LogP contribution is -2.30. The number of pyridine rings is 1. The highest BCUT2D eigenvalue weighted by Crippen LogP contribution is 2.45. The third-order valence-electron chi connectivity index (χ3n) is 6.31. The van der Waals surface area contributed by atoms with E-state index in [-0.39, 0.29) is 10.9 Å². The summed E-state index contributed by atoms with van der Waals surface area (Å²) in [6.45, 7) is 3.57. The largest absolute Gasteiger partial charge is 0.335 e. The summed E-state index contributed by atoms with van der Waals surface area (Å²) in [6.07, 6.45) is 7.15. The van der Waals surface area contributed by atoms with Gasteiger partial charge < -0.3 is 4.57 Å². The van der Waals surface area contributed by atoms with Crippen LogP contribution in [0.3, 0.4) is 0 Å². The molecule has 1 aromatic carbocycles. The molecule has 3 aromatic rings. The van der Waals surface area contributed by atoms with E-state index in [1.54, 1.807) is 26.0 Å². The number of nitrogens with zero attached hydrogens (tertiary/aromatic N) is 3. The maximum absolute atomic E-state index is 12.5. The Morgan fingerprint density at radius 1 is 1.16 bits per heavy atom. The van der Waals surface area contributed by atoms with E-state index in [0.29, 0.717) is 23.2 Å². The Hall–Kier alpha value is -2.69. The van der Waals surface area contributed by atoms with Crippen molar-refractivity contribution in [3.05, 3.63) is 47.7 Å². The van der Waals surface area contributed by atoms with E-state index >= 15 is 0 Å². The zero-order valence-electron chi connectivity index (χ0n) is 17.8. The Morgan fingerprint density at radius 2 is 1.94 bits per heavy atom. The number of nitrogens with one attached hydrogen (secondary N) is 1. The number of benzene rings is 1. The van der Waals surface area contributed by atoms with Crippen LogP contribution in [0.2, 0.25) is 0 Å². The summed E-state index contributed by atoms with van der Waals surface area (Å²) >= 11 is 0. The molecule has 0 radical (unpaired) electrons. The summed E-state index contributed by atoms with van der Waals surface area (Å²) in [5.41, 5.74) is 4.44. The predicted molar refractivity (Wildman–Crippen MR) is 120 cm³/mol. The minimum Gasteiger partial charge on any atom is -0.335 e. The van der Waals surface area contributed by atoms with E-state index < -0.39 is 10.0 Å². The van der Waals surface area contributed by atoms with Gasteiger partial charge in [0, 0.05) is 23.7 Å². The van der Waals surface area contributed by atoms with Crippen molar-refractivity contribution < 1.29 is 8.42 Å². The molecule has 31 heavy (non-hydrogen) atoms. The fourth-order valence-corrected chi connectivity index (χ4v) is 5.64. The number of aromatic nitrogens is 2. The van der Waals surface area contributed by atoms with Crippen molar-refractivity contribution in [1.82, 2.24) is 14.3 Å². The molecule has 0 unspecified atom stereocenters. The summed E-state index contributed by atoms with van der Waals surface area (Å²) in [5.74, 6) is 0.613. The van der Waals surface area contributed by atoms with Crippen LogP contribution in [0.4, 0.5) is 0 Å². The smallest absolute Gasteiger partial charge is 0.242 e. The van der Waals surface area contributed by atoms with E-state index in [2.05, 4.69) is 38.5 Å². The van der Waals surface area contributed by atoms with Gasteiger partial charge in [0.2, 0.25) is 10.0 Å². The summed E-state index contributed by atoms with van der Waals surface area (Å²) in [6, 6.07) is 12.4. The summed E-state index contributed by atoms with van der Waals surface area (Å²) in [4.78, 5) is 4.64. The molecule has 0 saturated heterocycles. The molecule has 160 valence electrons.